The number of hydrogen-bond acceptors (Lipinski definition) is 7. The SMILES string of the molecule is CCOc1ccc(Nc2c(C)c(NC3CCCNC3)nc3ccnn23)cc1.O=C(O)C(F)(F)F. The monoisotopic (exact) mass is 480 g/mol. The number of benzene rings is 1. The average molecular weight is 480 g/mol. The Kier molecular flexibility index (Phi) is 8.16. The van der Waals surface area contributed by atoms with Crippen LogP contribution in [-0.2, 0) is 4.79 Å². The Morgan fingerprint density at radius 3 is 2.59 bits per heavy atom. The standard InChI is InChI=1S/C20H26N6O.C2HF3O2/c1-3-27-17-8-6-15(7-9-17)24-20-14(2)19(23-16-5-4-11-21-13-16)25-18-10-12-22-26(18)20;3-2(4,5)1(6)7/h6-10,12,16,21,24H,3-5,11,13H2,1-2H3,(H,23,25);(H,6,7). The summed E-state index contributed by atoms with van der Waals surface area (Å²) in [5, 5.41) is 22.1. The van der Waals surface area contributed by atoms with Gasteiger partial charge in [0.25, 0.3) is 0 Å². The molecule has 0 radical (unpaired) electrons. The van der Waals surface area contributed by atoms with Crippen molar-refractivity contribution in [3.8, 4) is 5.75 Å². The number of piperidine rings is 1. The second-order valence-corrected chi connectivity index (χ2v) is 7.61. The Labute approximate surface area is 194 Å². The van der Waals surface area contributed by atoms with Crippen LogP contribution in [0, 0.1) is 6.92 Å². The van der Waals surface area contributed by atoms with Gasteiger partial charge in [0, 0.05) is 29.9 Å². The summed E-state index contributed by atoms with van der Waals surface area (Å²) in [4.78, 5) is 13.7. The molecule has 1 unspecified atom stereocenters. The van der Waals surface area contributed by atoms with Crippen LogP contribution in [0.5, 0.6) is 5.75 Å². The van der Waals surface area contributed by atoms with Gasteiger partial charge in [0.05, 0.1) is 12.8 Å². The van der Waals surface area contributed by atoms with E-state index in [4.69, 9.17) is 19.6 Å². The van der Waals surface area contributed by atoms with E-state index in [2.05, 4.69) is 28.0 Å². The zero-order valence-corrected chi connectivity index (χ0v) is 18.8. The molecule has 0 spiro atoms. The van der Waals surface area contributed by atoms with Crippen LogP contribution in [0.15, 0.2) is 36.5 Å². The number of aromatic nitrogens is 3. The van der Waals surface area contributed by atoms with E-state index in [0.29, 0.717) is 12.6 Å². The molecule has 34 heavy (non-hydrogen) atoms. The maximum Gasteiger partial charge on any atom is 0.490 e. The fourth-order valence-corrected chi connectivity index (χ4v) is 3.42. The quantitative estimate of drug-likeness (QED) is 0.419. The molecule has 0 bridgehead atoms. The molecule has 1 fully saturated rings. The molecular formula is C22H27F3N6O3. The number of fused-ring (bicyclic) bond motifs is 1. The Morgan fingerprint density at radius 2 is 2.00 bits per heavy atom. The van der Waals surface area contributed by atoms with E-state index in [1.165, 1.54) is 6.42 Å². The van der Waals surface area contributed by atoms with E-state index in [-0.39, 0.29) is 0 Å². The molecule has 9 nitrogen and oxygen atoms in total. The number of alkyl halides is 3. The summed E-state index contributed by atoms with van der Waals surface area (Å²) in [6, 6.07) is 10.3. The van der Waals surface area contributed by atoms with Gasteiger partial charge < -0.3 is 25.8 Å². The molecule has 4 rings (SSSR count). The van der Waals surface area contributed by atoms with E-state index in [0.717, 1.165) is 53.8 Å². The van der Waals surface area contributed by atoms with Crippen molar-refractivity contribution in [1.82, 2.24) is 19.9 Å². The van der Waals surface area contributed by atoms with Crippen LogP contribution in [0.4, 0.5) is 30.5 Å². The number of ether oxygens (including phenoxy) is 1. The molecule has 2 aromatic heterocycles. The van der Waals surface area contributed by atoms with E-state index < -0.39 is 12.1 Å². The van der Waals surface area contributed by atoms with Crippen LogP contribution in [0.3, 0.4) is 0 Å². The van der Waals surface area contributed by atoms with Gasteiger partial charge in [-0.25, -0.2) is 9.78 Å². The number of aliphatic carboxylic acids is 1. The molecule has 184 valence electrons. The Hall–Kier alpha value is -3.54. The molecule has 1 aromatic carbocycles. The topological polar surface area (TPSA) is 113 Å². The fourth-order valence-electron chi connectivity index (χ4n) is 3.42. The van der Waals surface area contributed by atoms with Crippen LogP contribution in [0.1, 0.15) is 25.3 Å². The van der Waals surface area contributed by atoms with Crippen molar-refractivity contribution in [2.45, 2.75) is 38.9 Å². The highest BCUT2D eigenvalue weighted by Crippen LogP contribution is 2.28. The highest BCUT2D eigenvalue weighted by atomic mass is 19.4. The predicted molar refractivity (Wildman–Crippen MR) is 122 cm³/mol. The smallest absolute Gasteiger partial charge is 0.490 e. The summed E-state index contributed by atoms with van der Waals surface area (Å²) in [7, 11) is 0. The minimum absolute atomic E-state index is 0.397. The fraction of sp³-hybridized carbons (Fsp3) is 0.409. The molecule has 1 saturated heterocycles. The maximum atomic E-state index is 10.6. The van der Waals surface area contributed by atoms with E-state index in [1.54, 1.807) is 6.20 Å². The van der Waals surface area contributed by atoms with Crippen LogP contribution in [0.25, 0.3) is 5.65 Å². The first-order valence-electron chi connectivity index (χ1n) is 10.8. The minimum atomic E-state index is -5.08. The molecule has 12 heteroatoms. The number of halogens is 3. The normalized spacial score (nSPS) is 15.9. The Morgan fingerprint density at radius 1 is 1.29 bits per heavy atom. The largest absolute Gasteiger partial charge is 0.494 e. The van der Waals surface area contributed by atoms with Gasteiger partial charge in [-0.2, -0.15) is 22.8 Å². The summed E-state index contributed by atoms with van der Waals surface area (Å²) in [6.45, 7) is 6.78. The second-order valence-electron chi connectivity index (χ2n) is 7.61. The number of hydrogen-bond donors (Lipinski definition) is 4. The van der Waals surface area contributed by atoms with E-state index >= 15 is 0 Å². The van der Waals surface area contributed by atoms with Crippen molar-refractivity contribution in [3.63, 3.8) is 0 Å². The molecule has 0 aliphatic carbocycles. The summed E-state index contributed by atoms with van der Waals surface area (Å²) in [5.41, 5.74) is 2.85. The van der Waals surface area contributed by atoms with E-state index in [9.17, 15) is 13.2 Å². The van der Waals surface area contributed by atoms with Gasteiger partial charge in [0.2, 0.25) is 0 Å². The van der Waals surface area contributed by atoms with Crippen molar-refractivity contribution >= 4 is 28.9 Å². The minimum Gasteiger partial charge on any atom is -0.494 e. The molecule has 4 N–H and O–H groups in total. The molecule has 1 aliphatic rings. The first-order valence-corrected chi connectivity index (χ1v) is 10.8. The molecule has 1 atom stereocenters. The number of carboxylic acid groups (broad SMARTS) is 1. The third-order valence-corrected chi connectivity index (χ3v) is 5.08. The Bertz CT molecular complexity index is 1100. The van der Waals surface area contributed by atoms with Crippen LogP contribution in [0.2, 0.25) is 0 Å². The first-order chi connectivity index (χ1) is 16.2. The lowest BCUT2D eigenvalue weighted by Gasteiger charge is -2.25. The van der Waals surface area contributed by atoms with Gasteiger partial charge in [-0.15, -0.1) is 0 Å². The lowest BCUT2D eigenvalue weighted by molar-refractivity contribution is -0.192. The zero-order valence-electron chi connectivity index (χ0n) is 18.8. The first kappa shape index (κ1) is 25.1. The number of carboxylic acids is 1. The van der Waals surface area contributed by atoms with Gasteiger partial charge in [0.1, 0.15) is 17.4 Å². The third kappa shape index (κ3) is 6.50. The number of carbonyl (C=O) groups is 1. The average Bonchev–Trinajstić information content (AvgIpc) is 3.27. The zero-order chi connectivity index (χ0) is 24.7. The lowest BCUT2D eigenvalue weighted by atomic mass is 10.1. The van der Waals surface area contributed by atoms with Crippen molar-refractivity contribution in [3.05, 3.63) is 42.1 Å². The van der Waals surface area contributed by atoms with Gasteiger partial charge in [-0.1, -0.05) is 0 Å². The number of rotatable bonds is 6. The number of nitrogens with one attached hydrogen (secondary N) is 3. The van der Waals surface area contributed by atoms with Crippen LogP contribution in [-0.4, -0.2) is 57.6 Å². The predicted octanol–water partition coefficient (Wildman–Crippen LogP) is 3.98. The summed E-state index contributed by atoms with van der Waals surface area (Å²) < 4.78 is 39.1. The molecule has 0 amide bonds. The number of nitrogens with zero attached hydrogens (tertiary/aromatic N) is 3. The summed E-state index contributed by atoms with van der Waals surface area (Å²) in [5.74, 6) is -0.0658. The van der Waals surface area contributed by atoms with Crippen LogP contribution < -0.4 is 20.7 Å². The highest BCUT2D eigenvalue weighted by Gasteiger charge is 2.38. The van der Waals surface area contributed by atoms with Gasteiger partial charge in [-0.05, 0) is 57.5 Å². The second kappa shape index (κ2) is 11.1. The van der Waals surface area contributed by atoms with Crippen molar-refractivity contribution in [2.24, 2.45) is 0 Å². The maximum absolute atomic E-state index is 10.6. The summed E-state index contributed by atoms with van der Waals surface area (Å²) in [6.07, 6.45) is -0.972. The van der Waals surface area contributed by atoms with E-state index in [1.807, 2.05) is 41.8 Å². The lowest BCUT2D eigenvalue weighted by Crippen LogP contribution is -2.38. The van der Waals surface area contributed by atoms with Crippen molar-refractivity contribution in [1.29, 1.82) is 0 Å². The molecule has 3 heterocycles. The highest BCUT2D eigenvalue weighted by molar-refractivity contribution is 5.73. The van der Waals surface area contributed by atoms with Crippen molar-refractivity contribution < 1.29 is 27.8 Å². The third-order valence-electron chi connectivity index (χ3n) is 5.08. The summed E-state index contributed by atoms with van der Waals surface area (Å²) >= 11 is 0. The number of anilines is 3. The van der Waals surface area contributed by atoms with Gasteiger partial charge in [0.15, 0.2) is 5.65 Å². The van der Waals surface area contributed by atoms with Crippen molar-refractivity contribution in [2.75, 3.05) is 30.3 Å². The molecule has 1 aliphatic heterocycles. The van der Waals surface area contributed by atoms with Crippen LogP contribution >= 0.6 is 0 Å². The Balaban J connectivity index is 0.000000406. The molecular weight excluding hydrogens is 453 g/mol. The molecule has 3 aromatic rings. The van der Waals surface area contributed by atoms with Gasteiger partial charge >= 0.3 is 12.1 Å². The van der Waals surface area contributed by atoms with Gasteiger partial charge in [-0.3, -0.25) is 0 Å². The molecule has 0 saturated carbocycles.